The first-order valence-corrected chi connectivity index (χ1v) is 8.99. The fourth-order valence-corrected chi connectivity index (χ4v) is 5.69. The van der Waals surface area contributed by atoms with Gasteiger partial charge in [0.25, 0.3) is 0 Å². The Kier molecular flexibility index (Phi) is 4.37. The Hall–Kier alpha value is -1.54. The second-order valence-corrected chi connectivity index (χ2v) is 8.16. The molecule has 3 heterocycles. The molecule has 0 aromatic carbocycles. The van der Waals surface area contributed by atoms with E-state index in [1.807, 2.05) is 13.8 Å². The van der Waals surface area contributed by atoms with Gasteiger partial charge in [-0.05, 0) is 20.3 Å². The van der Waals surface area contributed by atoms with Crippen LogP contribution in [0.25, 0.3) is 0 Å². The van der Waals surface area contributed by atoms with Gasteiger partial charge in [0.1, 0.15) is 6.29 Å². The highest BCUT2D eigenvalue weighted by atomic mass is 32.2. The van der Waals surface area contributed by atoms with Crippen LogP contribution in [-0.4, -0.2) is 68.3 Å². The van der Waals surface area contributed by atoms with Crippen LogP contribution in [-0.2, 0) is 9.59 Å². The van der Waals surface area contributed by atoms with Gasteiger partial charge in [-0.15, -0.1) is 11.8 Å². The summed E-state index contributed by atoms with van der Waals surface area (Å²) in [5.41, 5.74) is 0.899. The number of aliphatic hydroxyl groups excluding tert-OH is 1. The van der Waals surface area contributed by atoms with Crippen molar-refractivity contribution >= 4 is 30.0 Å². The van der Waals surface area contributed by atoms with Crippen LogP contribution in [0.15, 0.2) is 10.6 Å². The lowest BCUT2D eigenvalue weighted by Crippen LogP contribution is -2.62. The third-order valence-electron chi connectivity index (χ3n) is 5.35. The van der Waals surface area contributed by atoms with E-state index in [0.29, 0.717) is 19.3 Å². The van der Waals surface area contributed by atoms with Gasteiger partial charge in [0.05, 0.1) is 24.1 Å². The zero-order valence-electron chi connectivity index (χ0n) is 13.9. The van der Waals surface area contributed by atoms with Gasteiger partial charge in [0, 0.05) is 28.3 Å². The highest BCUT2D eigenvalue weighted by molar-refractivity contribution is 8.03. The lowest BCUT2D eigenvalue weighted by Gasteiger charge is -2.46. The number of β-lactam (4-membered cyclic amide) rings is 1. The summed E-state index contributed by atoms with van der Waals surface area (Å²) in [5.74, 6) is -0.296. The summed E-state index contributed by atoms with van der Waals surface area (Å²) in [5, 5.41) is 19.0. The fourth-order valence-electron chi connectivity index (χ4n) is 4.18. The van der Waals surface area contributed by atoms with Crippen LogP contribution in [0.2, 0.25) is 0 Å². The molecule has 0 aromatic heterocycles. The van der Waals surface area contributed by atoms with E-state index in [4.69, 9.17) is 0 Å². The zero-order chi connectivity index (χ0) is 17.8. The molecular formula is C16H22N2O5S. The average molecular weight is 354 g/mol. The monoisotopic (exact) mass is 354 g/mol. The van der Waals surface area contributed by atoms with Crippen molar-refractivity contribution < 1.29 is 24.6 Å². The molecule has 0 radical (unpaired) electrons. The molecule has 6 unspecified atom stereocenters. The van der Waals surface area contributed by atoms with Crippen molar-refractivity contribution in [2.45, 2.75) is 50.6 Å². The average Bonchev–Trinajstić information content (AvgIpc) is 2.99. The summed E-state index contributed by atoms with van der Waals surface area (Å²) >= 11 is 1.57. The van der Waals surface area contributed by atoms with Crippen molar-refractivity contribution in [3.05, 3.63) is 10.6 Å². The standard InChI is InChI=1S/C16H22N2O5S/c1-7-13-12(9(3)20)15(21)18(13)8(2)14(7)24-11-4-10(6-19)17(5-11)16(22)23/h6-7,9-13,20H,4-5H2,1-3H3,(H,22,23). The minimum absolute atomic E-state index is 0.00232. The van der Waals surface area contributed by atoms with Gasteiger partial charge in [0.15, 0.2) is 0 Å². The van der Waals surface area contributed by atoms with Crippen LogP contribution in [0, 0.1) is 11.8 Å². The highest BCUT2D eigenvalue weighted by Gasteiger charge is 2.57. The highest BCUT2D eigenvalue weighted by Crippen LogP contribution is 2.51. The molecule has 3 aliphatic heterocycles. The first-order chi connectivity index (χ1) is 11.3. The number of thioether (sulfide) groups is 1. The van der Waals surface area contributed by atoms with E-state index in [1.54, 1.807) is 23.6 Å². The van der Waals surface area contributed by atoms with Crippen molar-refractivity contribution in [3.63, 3.8) is 0 Å². The molecule has 0 bridgehead atoms. The molecule has 2 N–H and O–H groups in total. The fraction of sp³-hybridized carbons (Fsp3) is 0.688. The molecule has 0 aliphatic carbocycles. The van der Waals surface area contributed by atoms with E-state index >= 15 is 0 Å². The predicted molar refractivity (Wildman–Crippen MR) is 88.2 cm³/mol. The predicted octanol–water partition coefficient (Wildman–Crippen LogP) is 1.13. The summed E-state index contributed by atoms with van der Waals surface area (Å²) < 4.78 is 0. The Morgan fingerprint density at radius 1 is 1.46 bits per heavy atom. The lowest BCUT2D eigenvalue weighted by molar-refractivity contribution is -0.159. The number of aliphatic hydroxyl groups is 1. The van der Waals surface area contributed by atoms with Gasteiger partial charge in [-0.1, -0.05) is 6.92 Å². The quantitative estimate of drug-likeness (QED) is 0.580. The van der Waals surface area contributed by atoms with E-state index < -0.39 is 18.2 Å². The molecule has 2 amide bonds. The maximum absolute atomic E-state index is 12.3. The first kappa shape index (κ1) is 17.3. The van der Waals surface area contributed by atoms with Crippen LogP contribution in [0.3, 0.4) is 0 Å². The van der Waals surface area contributed by atoms with Crippen LogP contribution >= 0.6 is 11.8 Å². The third-order valence-corrected chi connectivity index (χ3v) is 6.95. The molecule has 0 spiro atoms. The molecule has 3 aliphatic rings. The number of hydrogen-bond acceptors (Lipinski definition) is 5. The van der Waals surface area contributed by atoms with Crippen LogP contribution in [0.5, 0.6) is 0 Å². The minimum atomic E-state index is -1.08. The molecule has 2 fully saturated rings. The number of fused-ring (bicyclic) bond motifs is 1. The number of amides is 2. The SMILES string of the molecule is CC1=C(SC2CC(C=O)N(C(=O)O)C2)C(C)C2C(C(C)O)C(=O)N12. The summed E-state index contributed by atoms with van der Waals surface area (Å²) in [6, 6.07) is -0.611. The van der Waals surface area contributed by atoms with Crippen molar-refractivity contribution in [2.75, 3.05) is 6.54 Å². The van der Waals surface area contributed by atoms with Crippen molar-refractivity contribution in [1.82, 2.24) is 9.80 Å². The van der Waals surface area contributed by atoms with Crippen molar-refractivity contribution in [2.24, 2.45) is 11.8 Å². The van der Waals surface area contributed by atoms with E-state index in [2.05, 4.69) is 0 Å². The molecule has 2 saturated heterocycles. The maximum Gasteiger partial charge on any atom is 0.407 e. The van der Waals surface area contributed by atoms with E-state index in [0.717, 1.165) is 10.6 Å². The van der Waals surface area contributed by atoms with E-state index in [-0.39, 0.29) is 29.0 Å². The molecular weight excluding hydrogens is 332 g/mol. The Balaban J connectivity index is 1.74. The largest absolute Gasteiger partial charge is 0.465 e. The van der Waals surface area contributed by atoms with Gasteiger partial charge >= 0.3 is 6.09 Å². The Morgan fingerprint density at radius 2 is 2.12 bits per heavy atom. The molecule has 3 rings (SSSR count). The smallest absolute Gasteiger partial charge is 0.407 e. The minimum Gasteiger partial charge on any atom is -0.465 e. The second-order valence-electron chi connectivity index (χ2n) is 6.82. The van der Waals surface area contributed by atoms with Crippen LogP contribution in [0.4, 0.5) is 4.79 Å². The van der Waals surface area contributed by atoms with Crippen molar-refractivity contribution in [1.29, 1.82) is 0 Å². The molecule has 24 heavy (non-hydrogen) atoms. The second kappa shape index (κ2) is 6.07. The Bertz CT molecular complexity index is 620. The van der Waals surface area contributed by atoms with Crippen molar-refractivity contribution in [3.8, 4) is 0 Å². The number of carbonyl (C=O) groups excluding carboxylic acids is 2. The summed E-state index contributed by atoms with van der Waals surface area (Å²) in [6.07, 6.45) is -0.573. The summed E-state index contributed by atoms with van der Waals surface area (Å²) in [7, 11) is 0. The van der Waals surface area contributed by atoms with E-state index in [1.165, 1.54) is 4.90 Å². The van der Waals surface area contributed by atoms with Gasteiger partial charge in [-0.3, -0.25) is 9.69 Å². The first-order valence-electron chi connectivity index (χ1n) is 8.11. The number of allylic oxidation sites excluding steroid dienone is 1. The zero-order valence-corrected chi connectivity index (χ0v) is 14.7. The van der Waals surface area contributed by atoms with Gasteiger partial charge in [-0.25, -0.2) is 4.79 Å². The summed E-state index contributed by atoms with van der Waals surface area (Å²) in [4.78, 5) is 38.6. The number of hydrogen-bond donors (Lipinski definition) is 2. The maximum atomic E-state index is 12.3. The Labute approximate surface area is 144 Å². The van der Waals surface area contributed by atoms with Gasteiger partial charge < -0.3 is 19.9 Å². The summed E-state index contributed by atoms with van der Waals surface area (Å²) in [6.45, 7) is 5.89. The lowest BCUT2D eigenvalue weighted by atomic mass is 9.79. The molecule has 0 aromatic rings. The van der Waals surface area contributed by atoms with Crippen LogP contribution < -0.4 is 0 Å². The molecule has 0 saturated carbocycles. The number of rotatable bonds is 4. The third kappa shape index (κ3) is 2.43. The van der Waals surface area contributed by atoms with E-state index in [9.17, 15) is 24.6 Å². The number of nitrogens with zero attached hydrogens (tertiary/aromatic N) is 2. The molecule has 7 nitrogen and oxygen atoms in total. The normalized spacial score (nSPS) is 36.7. The van der Waals surface area contributed by atoms with Gasteiger partial charge in [0.2, 0.25) is 5.91 Å². The topological polar surface area (TPSA) is 98.1 Å². The molecule has 132 valence electrons. The van der Waals surface area contributed by atoms with Crippen LogP contribution in [0.1, 0.15) is 27.2 Å². The number of aldehydes is 1. The molecule has 8 heteroatoms. The Morgan fingerprint density at radius 3 is 2.62 bits per heavy atom. The number of likely N-dealkylation sites (tertiary alicyclic amines) is 1. The van der Waals surface area contributed by atoms with Gasteiger partial charge in [-0.2, -0.15) is 0 Å². The molecule has 6 atom stereocenters. The number of carbonyl (C=O) groups is 3. The number of carboxylic acid groups (broad SMARTS) is 1.